The standard InChI is InChI=1S/C22H17ClN2O3/c23-13-6-7-14-15(10-13)22(27)18-16(24)11-17(20(25)19(18)21(14)26)28-9-8-12-4-2-1-3-5-12/h1-7,10-11H,8-9,24-25H2. The van der Waals surface area contributed by atoms with Crippen molar-refractivity contribution in [3.05, 3.63) is 87.4 Å². The molecule has 0 saturated carbocycles. The third-order valence-electron chi connectivity index (χ3n) is 4.78. The van der Waals surface area contributed by atoms with E-state index in [1.54, 1.807) is 6.07 Å². The molecule has 5 nitrogen and oxygen atoms in total. The minimum atomic E-state index is -0.368. The van der Waals surface area contributed by atoms with Crippen LogP contribution in [0.5, 0.6) is 5.75 Å². The lowest BCUT2D eigenvalue weighted by atomic mass is 9.82. The molecule has 140 valence electrons. The van der Waals surface area contributed by atoms with Crippen molar-refractivity contribution in [2.24, 2.45) is 0 Å². The van der Waals surface area contributed by atoms with Crippen LogP contribution < -0.4 is 16.2 Å². The molecule has 3 aromatic rings. The minimum Gasteiger partial charge on any atom is -0.491 e. The Morgan fingerprint density at radius 3 is 2.32 bits per heavy atom. The monoisotopic (exact) mass is 392 g/mol. The van der Waals surface area contributed by atoms with E-state index in [4.69, 9.17) is 27.8 Å². The van der Waals surface area contributed by atoms with E-state index in [-0.39, 0.29) is 45.2 Å². The van der Waals surface area contributed by atoms with Crippen molar-refractivity contribution in [2.45, 2.75) is 6.42 Å². The van der Waals surface area contributed by atoms with E-state index in [0.29, 0.717) is 23.8 Å². The van der Waals surface area contributed by atoms with Gasteiger partial charge in [-0.3, -0.25) is 9.59 Å². The zero-order valence-corrected chi connectivity index (χ0v) is 15.6. The number of nitrogen functional groups attached to an aromatic ring is 2. The molecule has 28 heavy (non-hydrogen) atoms. The van der Waals surface area contributed by atoms with Crippen LogP contribution in [0.3, 0.4) is 0 Å². The topological polar surface area (TPSA) is 95.4 Å². The average molecular weight is 393 g/mol. The minimum absolute atomic E-state index is 0.0922. The molecule has 0 saturated heterocycles. The first-order chi connectivity index (χ1) is 13.5. The number of nitrogens with two attached hydrogens (primary N) is 2. The fraction of sp³-hybridized carbons (Fsp3) is 0.0909. The van der Waals surface area contributed by atoms with Crippen LogP contribution in [0.2, 0.25) is 5.02 Å². The van der Waals surface area contributed by atoms with Gasteiger partial charge in [0.15, 0.2) is 11.6 Å². The lowest BCUT2D eigenvalue weighted by molar-refractivity contribution is 0.0980. The van der Waals surface area contributed by atoms with Gasteiger partial charge in [0.1, 0.15) is 5.75 Å². The lowest BCUT2D eigenvalue weighted by Crippen LogP contribution is -2.24. The summed E-state index contributed by atoms with van der Waals surface area (Å²) in [5, 5.41) is 0.371. The molecule has 3 aromatic carbocycles. The normalized spacial score (nSPS) is 12.5. The number of carbonyl (C=O) groups excluding carboxylic acids is 2. The Balaban J connectivity index is 1.69. The summed E-state index contributed by atoms with van der Waals surface area (Å²) in [5.41, 5.74) is 14.4. The van der Waals surface area contributed by atoms with E-state index in [1.165, 1.54) is 18.2 Å². The lowest BCUT2D eigenvalue weighted by Gasteiger charge is -2.22. The van der Waals surface area contributed by atoms with Gasteiger partial charge in [-0.05, 0) is 23.8 Å². The molecule has 0 aromatic heterocycles. The maximum atomic E-state index is 13.0. The zero-order chi connectivity index (χ0) is 19.8. The van der Waals surface area contributed by atoms with Crippen molar-refractivity contribution in [3.63, 3.8) is 0 Å². The Bertz CT molecular complexity index is 1110. The van der Waals surface area contributed by atoms with Crippen LogP contribution in [0.25, 0.3) is 0 Å². The van der Waals surface area contributed by atoms with Gasteiger partial charge in [-0.1, -0.05) is 41.9 Å². The van der Waals surface area contributed by atoms with Gasteiger partial charge in [0.25, 0.3) is 0 Å². The highest BCUT2D eigenvalue weighted by Gasteiger charge is 2.34. The van der Waals surface area contributed by atoms with E-state index < -0.39 is 0 Å². The molecule has 0 amide bonds. The summed E-state index contributed by atoms with van der Waals surface area (Å²) in [6, 6.07) is 15.9. The van der Waals surface area contributed by atoms with Crippen molar-refractivity contribution in [1.82, 2.24) is 0 Å². The fourth-order valence-electron chi connectivity index (χ4n) is 3.39. The van der Waals surface area contributed by atoms with Gasteiger partial charge in [-0.25, -0.2) is 0 Å². The summed E-state index contributed by atoms with van der Waals surface area (Å²) in [4.78, 5) is 25.9. The maximum Gasteiger partial charge on any atom is 0.196 e. The van der Waals surface area contributed by atoms with Crippen LogP contribution >= 0.6 is 11.6 Å². The second kappa shape index (κ2) is 7.02. The van der Waals surface area contributed by atoms with Gasteiger partial charge in [0, 0.05) is 34.3 Å². The number of anilines is 2. The fourth-order valence-corrected chi connectivity index (χ4v) is 3.56. The molecular weight excluding hydrogens is 376 g/mol. The number of carbonyl (C=O) groups is 2. The number of rotatable bonds is 4. The van der Waals surface area contributed by atoms with E-state index in [9.17, 15) is 9.59 Å². The van der Waals surface area contributed by atoms with Gasteiger partial charge >= 0.3 is 0 Å². The Kier molecular flexibility index (Phi) is 4.53. The molecule has 0 unspecified atom stereocenters. The Hall–Kier alpha value is -3.31. The third-order valence-corrected chi connectivity index (χ3v) is 5.01. The highest BCUT2D eigenvalue weighted by atomic mass is 35.5. The molecule has 0 heterocycles. The van der Waals surface area contributed by atoms with Gasteiger partial charge in [-0.2, -0.15) is 0 Å². The van der Waals surface area contributed by atoms with Gasteiger partial charge in [0.2, 0.25) is 0 Å². The molecule has 0 atom stereocenters. The summed E-state index contributed by atoms with van der Waals surface area (Å²) in [6.07, 6.45) is 0.672. The van der Waals surface area contributed by atoms with Gasteiger partial charge in [0.05, 0.1) is 23.4 Å². The molecule has 6 heteroatoms. The first-order valence-corrected chi connectivity index (χ1v) is 9.12. The van der Waals surface area contributed by atoms with Crippen LogP contribution in [-0.4, -0.2) is 18.2 Å². The largest absolute Gasteiger partial charge is 0.491 e. The number of fused-ring (bicyclic) bond motifs is 2. The van der Waals surface area contributed by atoms with E-state index in [0.717, 1.165) is 5.56 Å². The van der Waals surface area contributed by atoms with Crippen molar-refractivity contribution in [2.75, 3.05) is 18.1 Å². The van der Waals surface area contributed by atoms with Crippen LogP contribution in [0.15, 0.2) is 54.6 Å². The number of ether oxygens (including phenoxy) is 1. The summed E-state index contributed by atoms with van der Waals surface area (Å²) in [6.45, 7) is 0.362. The van der Waals surface area contributed by atoms with Crippen LogP contribution in [0, 0.1) is 0 Å². The van der Waals surface area contributed by atoms with Crippen LogP contribution in [0.4, 0.5) is 11.4 Å². The number of ketones is 2. The van der Waals surface area contributed by atoms with E-state index in [2.05, 4.69) is 0 Å². The molecule has 1 aliphatic rings. The second-order valence-corrected chi connectivity index (χ2v) is 7.00. The predicted octanol–water partition coefficient (Wildman–Crippen LogP) is 3.90. The Morgan fingerprint density at radius 2 is 1.57 bits per heavy atom. The van der Waals surface area contributed by atoms with Crippen LogP contribution in [-0.2, 0) is 6.42 Å². The second-order valence-electron chi connectivity index (χ2n) is 6.56. The molecule has 0 bridgehead atoms. The maximum absolute atomic E-state index is 13.0. The van der Waals surface area contributed by atoms with Crippen molar-refractivity contribution >= 4 is 34.5 Å². The number of benzene rings is 3. The SMILES string of the molecule is Nc1cc(OCCc2ccccc2)c(N)c2c1C(=O)c1cc(Cl)ccc1C2=O. The predicted molar refractivity (Wildman–Crippen MR) is 109 cm³/mol. The molecular formula is C22H17ClN2O3. The summed E-state index contributed by atoms with van der Waals surface area (Å²) in [5.74, 6) is -0.433. The third kappa shape index (κ3) is 3.00. The highest BCUT2D eigenvalue weighted by Crippen LogP contribution is 2.40. The first kappa shape index (κ1) is 18.1. The number of halogens is 1. The molecule has 0 radical (unpaired) electrons. The first-order valence-electron chi connectivity index (χ1n) is 8.75. The Labute approximate surface area is 166 Å². The summed E-state index contributed by atoms with van der Waals surface area (Å²) in [7, 11) is 0. The molecule has 0 spiro atoms. The molecule has 4 rings (SSSR count). The Morgan fingerprint density at radius 1 is 0.857 bits per heavy atom. The van der Waals surface area contributed by atoms with Gasteiger partial charge in [-0.15, -0.1) is 0 Å². The summed E-state index contributed by atoms with van der Waals surface area (Å²) < 4.78 is 5.79. The van der Waals surface area contributed by atoms with Crippen molar-refractivity contribution < 1.29 is 14.3 Å². The average Bonchev–Trinajstić information content (AvgIpc) is 2.69. The van der Waals surface area contributed by atoms with Crippen LogP contribution in [0.1, 0.15) is 37.4 Å². The molecule has 0 aliphatic heterocycles. The van der Waals surface area contributed by atoms with E-state index in [1.807, 2.05) is 30.3 Å². The zero-order valence-electron chi connectivity index (χ0n) is 14.9. The number of hydrogen-bond donors (Lipinski definition) is 2. The quantitative estimate of drug-likeness (QED) is 0.513. The molecule has 4 N–H and O–H groups in total. The van der Waals surface area contributed by atoms with Gasteiger partial charge < -0.3 is 16.2 Å². The smallest absolute Gasteiger partial charge is 0.196 e. The molecule has 0 fully saturated rings. The molecule has 1 aliphatic carbocycles. The van der Waals surface area contributed by atoms with Crippen molar-refractivity contribution in [3.8, 4) is 5.75 Å². The summed E-state index contributed by atoms with van der Waals surface area (Å²) >= 11 is 5.98. The highest BCUT2D eigenvalue weighted by molar-refractivity contribution is 6.35. The number of hydrogen-bond acceptors (Lipinski definition) is 5. The van der Waals surface area contributed by atoms with Crippen molar-refractivity contribution in [1.29, 1.82) is 0 Å². The van der Waals surface area contributed by atoms with E-state index >= 15 is 0 Å².